The van der Waals surface area contributed by atoms with E-state index in [1.165, 1.54) is 0 Å². The van der Waals surface area contributed by atoms with Gasteiger partial charge in [-0.1, -0.05) is 6.07 Å². The number of aliphatic imine (C=N–C) groups is 1. The number of nitrogens with one attached hydrogen (secondary N) is 1. The Bertz CT molecular complexity index is 942. The van der Waals surface area contributed by atoms with E-state index in [2.05, 4.69) is 24.0 Å². The molecule has 1 aliphatic carbocycles. The van der Waals surface area contributed by atoms with Crippen LogP contribution in [0.5, 0.6) is 0 Å². The SMILES string of the molecule is C[N+]1(C)CCN(c2nn3ccccc3c2N=C2C=CC(=N)CC2=O)CC1. The van der Waals surface area contributed by atoms with E-state index in [-0.39, 0.29) is 12.2 Å². The van der Waals surface area contributed by atoms with E-state index in [1.807, 2.05) is 28.9 Å². The zero-order chi connectivity index (χ0) is 18.3. The van der Waals surface area contributed by atoms with Crippen molar-refractivity contribution >= 4 is 34.2 Å². The van der Waals surface area contributed by atoms with Gasteiger partial charge in [-0.2, -0.15) is 0 Å². The van der Waals surface area contributed by atoms with Crippen molar-refractivity contribution in [2.75, 3.05) is 45.2 Å². The number of carbonyl (C=O) groups excluding carboxylic acids is 1. The van der Waals surface area contributed by atoms with Gasteiger partial charge in [-0.15, -0.1) is 5.10 Å². The first-order valence-corrected chi connectivity index (χ1v) is 8.85. The molecule has 2 aromatic rings. The van der Waals surface area contributed by atoms with Crippen LogP contribution in [0.1, 0.15) is 6.42 Å². The van der Waals surface area contributed by atoms with Gasteiger partial charge in [0.15, 0.2) is 11.6 Å². The second-order valence-corrected chi connectivity index (χ2v) is 7.53. The van der Waals surface area contributed by atoms with E-state index in [9.17, 15) is 4.79 Å². The molecule has 1 saturated heterocycles. The molecule has 3 heterocycles. The third-order valence-electron chi connectivity index (χ3n) is 5.06. The van der Waals surface area contributed by atoms with Crippen LogP contribution in [-0.4, -0.2) is 71.6 Å². The largest absolute Gasteiger partial charge is 0.342 e. The standard InChI is InChI=1S/C19H23N6O/c1-25(2)11-9-23(10-12-25)19-18(16-5-3-4-8-24(16)22-19)21-15-7-6-14(20)13-17(15)26/h3-8,20H,9-13H2,1-2H3/q+1. The summed E-state index contributed by atoms with van der Waals surface area (Å²) in [6, 6.07) is 5.86. The van der Waals surface area contributed by atoms with Crippen molar-refractivity contribution in [3.05, 3.63) is 36.5 Å². The number of fused-ring (bicyclic) bond motifs is 1. The highest BCUT2D eigenvalue weighted by Gasteiger charge is 2.28. The average Bonchev–Trinajstić information content (AvgIpc) is 2.96. The zero-order valence-electron chi connectivity index (χ0n) is 15.1. The minimum Gasteiger partial charge on any atom is -0.342 e. The topological polar surface area (TPSA) is 73.8 Å². The number of quaternary nitrogens is 1. The van der Waals surface area contributed by atoms with Crippen molar-refractivity contribution in [2.45, 2.75) is 6.42 Å². The number of ketones is 1. The van der Waals surface area contributed by atoms with Crippen molar-refractivity contribution in [3.63, 3.8) is 0 Å². The molecule has 0 saturated carbocycles. The number of pyridine rings is 1. The van der Waals surface area contributed by atoms with Crippen molar-refractivity contribution in [1.82, 2.24) is 9.61 Å². The van der Waals surface area contributed by atoms with Crippen LogP contribution in [0.4, 0.5) is 11.5 Å². The van der Waals surface area contributed by atoms with Crippen LogP contribution in [0.25, 0.3) is 5.52 Å². The fraction of sp³-hybridized carbons (Fsp3) is 0.368. The number of hydrogen-bond acceptors (Lipinski definition) is 5. The number of nitrogens with zero attached hydrogens (tertiary/aromatic N) is 5. The summed E-state index contributed by atoms with van der Waals surface area (Å²) in [7, 11) is 4.48. The molecule has 0 aromatic carbocycles. The minimum absolute atomic E-state index is 0.110. The second-order valence-electron chi connectivity index (χ2n) is 7.53. The van der Waals surface area contributed by atoms with Crippen LogP contribution in [-0.2, 0) is 4.79 Å². The van der Waals surface area contributed by atoms with Crippen LogP contribution in [0.3, 0.4) is 0 Å². The molecule has 7 heteroatoms. The van der Waals surface area contributed by atoms with Gasteiger partial charge in [0, 0.05) is 11.9 Å². The molecular formula is C19H23N6O+. The molecule has 1 fully saturated rings. The van der Waals surface area contributed by atoms with Gasteiger partial charge in [0.25, 0.3) is 0 Å². The lowest BCUT2D eigenvalue weighted by atomic mass is 10.0. The van der Waals surface area contributed by atoms with E-state index >= 15 is 0 Å². The second kappa shape index (κ2) is 6.17. The van der Waals surface area contributed by atoms with Crippen LogP contribution in [0.15, 0.2) is 41.5 Å². The first kappa shape index (κ1) is 16.7. The van der Waals surface area contributed by atoms with Crippen LogP contribution in [0.2, 0.25) is 0 Å². The Hall–Kier alpha value is -2.80. The minimum atomic E-state index is -0.116. The summed E-state index contributed by atoms with van der Waals surface area (Å²) in [6.45, 7) is 3.89. The predicted molar refractivity (Wildman–Crippen MR) is 103 cm³/mol. The molecule has 0 radical (unpaired) electrons. The van der Waals surface area contributed by atoms with Gasteiger partial charge in [0.05, 0.1) is 52.2 Å². The van der Waals surface area contributed by atoms with Crippen molar-refractivity contribution in [2.24, 2.45) is 4.99 Å². The summed E-state index contributed by atoms with van der Waals surface area (Å²) in [5, 5.41) is 12.4. The number of aromatic nitrogens is 2. The van der Waals surface area contributed by atoms with Crippen LogP contribution < -0.4 is 4.90 Å². The average molecular weight is 351 g/mol. The van der Waals surface area contributed by atoms with E-state index in [4.69, 9.17) is 10.5 Å². The van der Waals surface area contributed by atoms with Gasteiger partial charge in [0.1, 0.15) is 11.4 Å². The summed E-state index contributed by atoms with van der Waals surface area (Å²) < 4.78 is 2.82. The number of carbonyl (C=O) groups is 1. The lowest BCUT2D eigenvalue weighted by Crippen LogP contribution is -2.55. The highest BCUT2D eigenvalue weighted by Crippen LogP contribution is 2.34. The number of allylic oxidation sites excluding steroid dienone is 2. The number of anilines is 1. The van der Waals surface area contributed by atoms with Crippen molar-refractivity contribution < 1.29 is 9.28 Å². The number of Topliss-reactive ketones (excluding diaryl/α,β-unsaturated/α-hetero) is 1. The molecular weight excluding hydrogens is 328 g/mol. The fourth-order valence-corrected chi connectivity index (χ4v) is 3.33. The number of likely N-dealkylation sites (N-methyl/N-ethyl adjacent to an activating group) is 1. The molecule has 134 valence electrons. The maximum absolute atomic E-state index is 12.3. The van der Waals surface area contributed by atoms with E-state index in [1.54, 1.807) is 12.2 Å². The predicted octanol–water partition coefficient (Wildman–Crippen LogP) is 1.85. The molecule has 0 unspecified atom stereocenters. The van der Waals surface area contributed by atoms with E-state index in [0.29, 0.717) is 11.4 Å². The molecule has 26 heavy (non-hydrogen) atoms. The lowest BCUT2D eigenvalue weighted by molar-refractivity contribution is -0.890. The van der Waals surface area contributed by atoms with Gasteiger partial charge in [-0.3, -0.25) is 4.79 Å². The summed E-state index contributed by atoms with van der Waals surface area (Å²) in [4.78, 5) is 19.2. The monoisotopic (exact) mass is 351 g/mol. The number of piperazine rings is 1. The molecule has 0 amide bonds. The lowest BCUT2D eigenvalue weighted by Gasteiger charge is -2.39. The van der Waals surface area contributed by atoms with Crippen molar-refractivity contribution in [3.8, 4) is 0 Å². The number of hydrogen-bond donors (Lipinski definition) is 1. The maximum atomic E-state index is 12.3. The molecule has 0 atom stereocenters. The fourth-order valence-electron chi connectivity index (χ4n) is 3.33. The summed E-state index contributed by atoms with van der Waals surface area (Å²) >= 11 is 0. The Morgan fingerprint density at radius 2 is 1.96 bits per heavy atom. The molecule has 0 bridgehead atoms. The van der Waals surface area contributed by atoms with Gasteiger partial charge in [0.2, 0.25) is 0 Å². The Kier molecular flexibility index (Phi) is 3.96. The smallest absolute Gasteiger partial charge is 0.187 e. The summed E-state index contributed by atoms with van der Waals surface area (Å²) in [5.41, 5.74) is 2.34. The molecule has 2 aromatic heterocycles. The van der Waals surface area contributed by atoms with E-state index in [0.717, 1.165) is 47.7 Å². The third kappa shape index (κ3) is 3.06. The number of rotatable bonds is 2. The first-order chi connectivity index (χ1) is 12.4. The third-order valence-corrected chi connectivity index (χ3v) is 5.06. The molecule has 4 rings (SSSR count). The van der Waals surface area contributed by atoms with Crippen LogP contribution in [0, 0.1) is 5.41 Å². The summed E-state index contributed by atoms with van der Waals surface area (Å²) in [5.74, 6) is 0.709. The highest BCUT2D eigenvalue weighted by atomic mass is 16.1. The Balaban J connectivity index is 1.79. The molecule has 0 spiro atoms. The Morgan fingerprint density at radius 1 is 1.19 bits per heavy atom. The Labute approximate surface area is 152 Å². The normalized spacial score (nSPS) is 21.8. The van der Waals surface area contributed by atoms with Gasteiger partial charge in [-0.25, -0.2) is 9.51 Å². The first-order valence-electron chi connectivity index (χ1n) is 8.85. The highest BCUT2D eigenvalue weighted by molar-refractivity contribution is 6.50. The molecule has 2 aliphatic rings. The molecule has 7 nitrogen and oxygen atoms in total. The van der Waals surface area contributed by atoms with Gasteiger partial charge >= 0.3 is 0 Å². The molecule has 1 N–H and O–H groups in total. The maximum Gasteiger partial charge on any atom is 0.187 e. The van der Waals surface area contributed by atoms with E-state index < -0.39 is 0 Å². The van der Waals surface area contributed by atoms with Crippen LogP contribution >= 0.6 is 0 Å². The summed E-state index contributed by atoms with van der Waals surface area (Å²) in [6.07, 6.45) is 5.30. The van der Waals surface area contributed by atoms with Gasteiger partial charge < -0.3 is 14.8 Å². The molecule has 1 aliphatic heterocycles. The Morgan fingerprint density at radius 3 is 2.69 bits per heavy atom. The van der Waals surface area contributed by atoms with Crippen molar-refractivity contribution in [1.29, 1.82) is 5.41 Å². The zero-order valence-corrected chi connectivity index (χ0v) is 15.1. The quantitative estimate of drug-likeness (QED) is 0.839. The van der Waals surface area contributed by atoms with Gasteiger partial charge in [-0.05, 0) is 24.3 Å².